The van der Waals surface area contributed by atoms with E-state index in [1.165, 1.54) is 12.1 Å². The molecule has 0 saturated heterocycles. The topological polar surface area (TPSA) is 81.9 Å². The van der Waals surface area contributed by atoms with Crippen LogP contribution in [0.25, 0.3) is 4.85 Å². The first-order chi connectivity index (χ1) is 15.0. The van der Waals surface area contributed by atoms with Crippen molar-refractivity contribution >= 4 is 17.5 Å². The Balaban J connectivity index is 2.01. The van der Waals surface area contributed by atoms with Gasteiger partial charge in [0.05, 0.1) is 6.57 Å². The number of pyridine rings is 1. The number of hydrogen-bond donors (Lipinski definition) is 1. The van der Waals surface area contributed by atoms with Gasteiger partial charge in [-0.3, -0.25) is 9.78 Å². The highest BCUT2D eigenvalue weighted by molar-refractivity contribution is 5.96. The van der Waals surface area contributed by atoms with Gasteiger partial charge in [0.25, 0.3) is 6.02 Å². The van der Waals surface area contributed by atoms with E-state index in [2.05, 4.69) is 19.6 Å². The van der Waals surface area contributed by atoms with Gasteiger partial charge in [0.1, 0.15) is 17.9 Å². The Morgan fingerprint density at radius 2 is 2.03 bits per heavy atom. The van der Waals surface area contributed by atoms with Crippen LogP contribution in [0.5, 0.6) is 0 Å². The molecule has 2 atom stereocenters. The van der Waals surface area contributed by atoms with Crippen molar-refractivity contribution in [3.05, 3.63) is 70.3 Å². The summed E-state index contributed by atoms with van der Waals surface area (Å²) in [6.07, 6.45) is -8.11. The number of rotatable bonds is 5. The predicted octanol–water partition coefficient (Wildman–Crippen LogP) is 4.17. The van der Waals surface area contributed by atoms with Crippen molar-refractivity contribution in [3.8, 4) is 0 Å². The Morgan fingerprint density at radius 1 is 1.31 bits per heavy atom. The average Bonchev–Trinajstić information content (AvgIpc) is 2.75. The predicted molar refractivity (Wildman–Crippen MR) is 99.7 cm³/mol. The molecule has 12 heteroatoms. The average molecular weight is 456 g/mol. The number of hydrogen-bond acceptors (Lipinski definition) is 5. The molecule has 0 saturated carbocycles. The van der Waals surface area contributed by atoms with Crippen molar-refractivity contribution in [1.29, 1.82) is 0 Å². The van der Waals surface area contributed by atoms with E-state index in [4.69, 9.17) is 12.3 Å². The Hall–Kier alpha value is -3.62. The normalized spacial score (nSPS) is 20.8. The summed E-state index contributed by atoms with van der Waals surface area (Å²) in [5.74, 6) is -3.76. The van der Waals surface area contributed by atoms with Crippen LogP contribution in [0.1, 0.15) is 28.0 Å². The van der Waals surface area contributed by atoms with E-state index in [1.54, 1.807) is 0 Å². The second-order valence-electron chi connectivity index (χ2n) is 7.02. The molecule has 0 amide bonds. The van der Waals surface area contributed by atoms with Gasteiger partial charge < -0.3 is 10.5 Å². The number of ether oxygens (including phenoxy) is 1. The number of aliphatic imine (C=N–C) groups is 1. The van der Waals surface area contributed by atoms with E-state index in [1.807, 2.05) is 0 Å². The maximum Gasteiger partial charge on any atom is 0.425 e. The molecule has 0 radical (unpaired) electrons. The summed E-state index contributed by atoms with van der Waals surface area (Å²) in [6.45, 7) is 5.23. The first-order valence-corrected chi connectivity index (χ1v) is 8.99. The molecule has 0 bridgehead atoms. The van der Waals surface area contributed by atoms with E-state index in [-0.39, 0.29) is 16.9 Å². The molecule has 0 fully saturated rings. The van der Waals surface area contributed by atoms with Gasteiger partial charge in [0, 0.05) is 24.6 Å². The lowest BCUT2D eigenvalue weighted by atomic mass is 9.83. The Labute approximate surface area is 177 Å². The molecule has 0 spiro atoms. The molecule has 1 aromatic carbocycles. The van der Waals surface area contributed by atoms with Gasteiger partial charge in [0.15, 0.2) is 23.5 Å². The van der Waals surface area contributed by atoms with Crippen molar-refractivity contribution in [3.63, 3.8) is 0 Å². The highest BCUT2D eigenvalue weighted by atomic mass is 19.4. The number of amidine groups is 1. The van der Waals surface area contributed by atoms with Crippen LogP contribution < -0.4 is 5.73 Å². The lowest BCUT2D eigenvalue weighted by Gasteiger charge is -2.36. The number of Topliss-reactive ketones (excluding diaryl/α,β-unsaturated/α-hetero) is 1. The van der Waals surface area contributed by atoms with Gasteiger partial charge in [-0.25, -0.2) is 23.0 Å². The summed E-state index contributed by atoms with van der Waals surface area (Å²) >= 11 is 0. The second kappa shape index (κ2) is 8.49. The third-order valence-corrected chi connectivity index (χ3v) is 4.81. The van der Waals surface area contributed by atoms with E-state index < -0.39 is 66.3 Å². The molecular formula is C20H14F6N4O2. The number of carbonyl (C=O) groups excluding carboxylic acids is 1. The minimum Gasteiger partial charge on any atom is -0.452 e. The largest absolute Gasteiger partial charge is 0.452 e. The fourth-order valence-electron chi connectivity index (χ4n) is 3.27. The van der Waals surface area contributed by atoms with Crippen LogP contribution in [0, 0.1) is 18.2 Å². The summed E-state index contributed by atoms with van der Waals surface area (Å²) in [5.41, 5.74) is 1.92. The summed E-state index contributed by atoms with van der Waals surface area (Å²) in [6, 6.07) is 3.11. The van der Waals surface area contributed by atoms with Crippen molar-refractivity contribution < 1.29 is 35.9 Å². The first-order valence-electron chi connectivity index (χ1n) is 8.99. The monoisotopic (exact) mass is 456 g/mol. The molecule has 0 aliphatic carbocycles. The Bertz CT molecular complexity index is 1110. The number of benzene rings is 1. The Kier molecular flexibility index (Phi) is 6.11. The van der Waals surface area contributed by atoms with Crippen LogP contribution in [0.2, 0.25) is 0 Å². The molecule has 2 heterocycles. The zero-order valence-electron chi connectivity index (χ0n) is 16.1. The highest BCUT2D eigenvalue weighted by Crippen LogP contribution is 2.42. The van der Waals surface area contributed by atoms with Gasteiger partial charge in [-0.15, -0.1) is 0 Å². The molecule has 1 aliphatic heterocycles. The number of nitrogens with zero attached hydrogens (tertiary/aromatic N) is 3. The van der Waals surface area contributed by atoms with E-state index in [0.29, 0.717) is 6.07 Å². The number of aromatic nitrogens is 1. The van der Waals surface area contributed by atoms with Crippen molar-refractivity contribution in [1.82, 2.24) is 4.98 Å². The summed E-state index contributed by atoms with van der Waals surface area (Å²) in [4.78, 5) is 22.9. The van der Waals surface area contributed by atoms with E-state index in [0.717, 1.165) is 12.3 Å². The molecule has 32 heavy (non-hydrogen) atoms. The second-order valence-corrected chi connectivity index (χ2v) is 7.02. The zero-order chi connectivity index (χ0) is 23.7. The first kappa shape index (κ1) is 23.1. The van der Waals surface area contributed by atoms with Gasteiger partial charge in [0.2, 0.25) is 5.69 Å². The molecule has 3 rings (SSSR count). The minimum atomic E-state index is -4.97. The van der Waals surface area contributed by atoms with Crippen LogP contribution in [-0.4, -0.2) is 35.7 Å². The molecule has 6 nitrogen and oxygen atoms in total. The number of alkyl halides is 4. The standard InChI is InChI=1S/C20H14F6N4O2/c1-28-11-2-3-14(29-8-11)15(31)6-10-4-12(17(23)13(22)5-10)19(9-21)7-16(20(24,25)26)32-18(27)30-19/h2-5,8,16H,6-7,9H2,(H2,27,30)/t16-,19+/m0/s1. The quantitative estimate of drug-likeness (QED) is 0.416. The third kappa shape index (κ3) is 4.51. The number of halogens is 6. The Morgan fingerprint density at radius 3 is 2.59 bits per heavy atom. The fraction of sp³-hybridized carbons (Fsp3) is 0.300. The van der Waals surface area contributed by atoms with Gasteiger partial charge in [-0.05, 0) is 23.8 Å². The number of nitrogens with two attached hydrogens (primary N) is 1. The smallest absolute Gasteiger partial charge is 0.425 e. The fourth-order valence-corrected chi connectivity index (χ4v) is 3.27. The maximum absolute atomic E-state index is 14.6. The van der Waals surface area contributed by atoms with Crippen LogP contribution in [0.15, 0.2) is 35.5 Å². The molecule has 0 unspecified atom stereocenters. The van der Waals surface area contributed by atoms with Crippen LogP contribution in [0.4, 0.5) is 32.0 Å². The van der Waals surface area contributed by atoms with Crippen molar-refractivity contribution in [2.24, 2.45) is 10.7 Å². The number of carbonyl (C=O) groups is 1. The lowest BCUT2D eigenvalue weighted by Crippen LogP contribution is -2.48. The van der Waals surface area contributed by atoms with E-state index >= 15 is 0 Å². The molecule has 2 aromatic rings. The number of ketones is 1. The minimum absolute atomic E-state index is 0.0747. The van der Waals surface area contributed by atoms with Crippen LogP contribution in [0.3, 0.4) is 0 Å². The summed E-state index contributed by atoms with van der Waals surface area (Å²) in [5, 5.41) is 0. The van der Waals surface area contributed by atoms with Gasteiger partial charge >= 0.3 is 6.18 Å². The maximum atomic E-state index is 14.6. The zero-order valence-corrected chi connectivity index (χ0v) is 16.1. The summed E-state index contributed by atoms with van der Waals surface area (Å²) < 4.78 is 86.9. The van der Waals surface area contributed by atoms with E-state index in [9.17, 15) is 31.1 Å². The third-order valence-electron chi connectivity index (χ3n) is 4.81. The highest BCUT2D eigenvalue weighted by Gasteiger charge is 2.52. The molecule has 2 N–H and O–H groups in total. The van der Waals surface area contributed by atoms with Crippen molar-refractivity contribution in [2.45, 2.75) is 30.7 Å². The lowest BCUT2D eigenvalue weighted by molar-refractivity contribution is -0.209. The van der Waals surface area contributed by atoms with Crippen LogP contribution in [-0.2, 0) is 16.7 Å². The van der Waals surface area contributed by atoms with Gasteiger partial charge in [-0.1, -0.05) is 6.07 Å². The molecule has 1 aromatic heterocycles. The van der Waals surface area contributed by atoms with Crippen LogP contribution >= 0.6 is 0 Å². The van der Waals surface area contributed by atoms with Crippen molar-refractivity contribution in [2.75, 3.05) is 6.67 Å². The molecule has 168 valence electrons. The summed E-state index contributed by atoms with van der Waals surface area (Å²) in [7, 11) is 0. The van der Waals surface area contributed by atoms with Gasteiger partial charge in [-0.2, -0.15) is 13.2 Å². The molecule has 1 aliphatic rings. The SMILES string of the molecule is [C-]#[N+]c1ccc(C(=O)Cc2cc(F)c(F)c([C@]3(CF)C[C@@H](C(F)(F)F)OC(N)=N3)c2)nc1. The molecular weight excluding hydrogens is 442 g/mol.